The Morgan fingerprint density at radius 1 is 1.37 bits per heavy atom. The second-order valence-corrected chi connectivity index (χ2v) is 6.01. The molecule has 3 nitrogen and oxygen atoms in total. The lowest BCUT2D eigenvalue weighted by atomic mass is 10.0. The highest BCUT2D eigenvalue weighted by atomic mass is 32.1. The smallest absolute Gasteiger partial charge is 0.114 e. The minimum absolute atomic E-state index is 0.0446. The summed E-state index contributed by atoms with van der Waals surface area (Å²) in [6.45, 7) is 3.18. The summed E-state index contributed by atoms with van der Waals surface area (Å²) >= 11 is 1.75. The zero-order valence-electron chi connectivity index (χ0n) is 11.2. The van der Waals surface area contributed by atoms with E-state index in [1.165, 1.54) is 10.6 Å². The second kappa shape index (κ2) is 5.41. The third-order valence-corrected chi connectivity index (χ3v) is 4.89. The Bertz CT molecular complexity index is 511. The van der Waals surface area contributed by atoms with E-state index < -0.39 is 0 Å². The Balaban J connectivity index is 1.72. The number of hydrogen-bond donors (Lipinski definition) is 1. The number of thiazole rings is 1. The standard InChI is InChI=1S/C15H19N3S/c1-16-15(14-17-8-10-19-14)7-9-18(12-15)11-13-5-3-2-4-6-13/h2-6,8,10,16H,7,9,11-12H2,1H3. The summed E-state index contributed by atoms with van der Waals surface area (Å²) in [5.74, 6) is 0. The molecular weight excluding hydrogens is 254 g/mol. The van der Waals surface area contributed by atoms with Crippen molar-refractivity contribution in [2.75, 3.05) is 20.1 Å². The molecule has 1 N–H and O–H groups in total. The quantitative estimate of drug-likeness (QED) is 0.927. The molecule has 1 unspecified atom stereocenters. The molecule has 0 bridgehead atoms. The molecule has 1 aromatic carbocycles. The highest BCUT2D eigenvalue weighted by Crippen LogP contribution is 2.33. The Morgan fingerprint density at radius 2 is 2.21 bits per heavy atom. The molecule has 1 aliphatic rings. The van der Waals surface area contributed by atoms with Crippen molar-refractivity contribution in [3.05, 3.63) is 52.5 Å². The van der Waals surface area contributed by atoms with Crippen molar-refractivity contribution < 1.29 is 0 Å². The predicted molar refractivity (Wildman–Crippen MR) is 79.2 cm³/mol. The number of nitrogens with one attached hydrogen (secondary N) is 1. The molecule has 1 atom stereocenters. The van der Waals surface area contributed by atoms with E-state index in [9.17, 15) is 0 Å². The van der Waals surface area contributed by atoms with Gasteiger partial charge in [0, 0.05) is 31.2 Å². The van der Waals surface area contributed by atoms with Crippen molar-refractivity contribution in [1.82, 2.24) is 15.2 Å². The van der Waals surface area contributed by atoms with E-state index in [0.29, 0.717) is 0 Å². The van der Waals surface area contributed by atoms with Gasteiger partial charge in [-0.05, 0) is 19.0 Å². The van der Waals surface area contributed by atoms with Crippen molar-refractivity contribution in [1.29, 1.82) is 0 Å². The van der Waals surface area contributed by atoms with E-state index in [-0.39, 0.29) is 5.54 Å². The predicted octanol–water partition coefficient (Wildman–Crippen LogP) is 2.46. The van der Waals surface area contributed by atoms with Gasteiger partial charge in [-0.1, -0.05) is 30.3 Å². The van der Waals surface area contributed by atoms with Gasteiger partial charge in [0.2, 0.25) is 0 Å². The van der Waals surface area contributed by atoms with Crippen molar-refractivity contribution >= 4 is 11.3 Å². The monoisotopic (exact) mass is 273 g/mol. The third kappa shape index (κ3) is 2.56. The van der Waals surface area contributed by atoms with Gasteiger partial charge in [-0.3, -0.25) is 4.90 Å². The van der Waals surface area contributed by atoms with E-state index in [4.69, 9.17) is 0 Å². The summed E-state index contributed by atoms with van der Waals surface area (Å²) in [6.07, 6.45) is 3.03. The van der Waals surface area contributed by atoms with E-state index in [0.717, 1.165) is 26.1 Å². The summed E-state index contributed by atoms with van der Waals surface area (Å²) in [4.78, 5) is 7.02. The van der Waals surface area contributed by atoms with Gasteiger partial charge in [0.05, 0.1) is 5.54 Å². The second-order valence-electron chi connectivity index (χ2n) is 5.12. The molecule has 0 radical (unpaired) electrons. The number of hydrogen-bond acceptors (Lipinski definition) is 4. The highest BCUT2D eigenvalue weighted by molar-refractivity contribution is 7.09. The average molecular weight is 273 g/mol. The molecule has 0 aliphatic carbocycles. The fourth-order valence-corrected chi connectivity index (χ4v) is 3.68. The van der Waals surface area contributed by atoms with Crippen molar-refractivity contribution in [3.63, 3.8) is 0 Å². The lowest BCUT2D eigenvalue weighted by Gasteiger charge is -2.27. The van der Waals surface area contributed by atoms with Crippen LogP contribution in [0.1, 0.15) is 17.0 Å². The van der Waals surface area contributed by atoms with E-state index in [1.807, 2.05) is 13.2 Å². The maximum Gasteiger partial charge on any atom is 0.114 e. The number of benzene rings is 1. The first-order valence-electron chi connectivity index (χ1n) is 6.67. The Morgan fingerprint density at radius 3 is 2.89 bits per heavy atom. The molecule has 2 heterocycles. The van der Waals surface area contributed by atoms with Crippen molar-refractivity contribution in [3.8, 4) is 0 Å². The van der Waals surface area contributed by atoms with Crippen molar-refractivity contribution in [2.24, 2.45) is 0 Å². The maximum atomic E-state index is 4.51. The first-order chi connectivity index (χ1) is 9.32. The van der Waals surface area contributed by atoms with Gasteiger partial charge < -0.3 is 5.32 Å². The maximum absolute atomic E-state index is 4.51. The number of likely N-dealkylation sites (N-methyl/N-ethyl adjacent to an activating group) is 1. The first-order valence-corrected chi connectivity index (χ1v) is 7.55. The van der Waals surface area contributed by atoms with Crippen LogP contribution in [0.4, 0.5) is 0 Å². The van der Waals surface area contributed by atoms with Crippen LogP contribution in [0.15, 0.2) is 41.9 Å². The lowest BCUT2D eigenvalue weighted by molar-refractivity contribution is 0.285. The van der Waals surface area contributed by atoms with Gasteiger partial charge in [0.1, 0.15) is 5.01 Å². The fraction of sp³-hybridized carbons (Fsp3) is 0.400. The normalized spacial score (nSPS) is 23.8. The molecule has 1 aliphatic heterocycles. The fourth-order valence-electron chi connectivity index (χ4n) is 2.81. The molecule has 100 valence electrons. The molecular formula is C15H19N3S. The van der Waals surface area contributed by atoms with Crippen LogP contribution in [0.2, 0.25) is 0 Å². The van der Waals surface area contributed by atoms with Gasteiger partial charge in [-0.25, -0.2) is 4.98 Å². The topological polar surface area (TPSA) is 28.2 Å². The van der Waals surface area contributed by atoms with Crippen molar-refractivity contribution in [2.45, 2.75) is 18.5 Å². The first kappa shape index (κ1) is 12.8. The van der Waals surface area contributed by atoms with E-state index >= 15 is 0 Å². The van der Waals surface area contributed by atoms with Crippen LogP contribution in [0.3, 0.4) is 0 Å². The minimum Gasteiger partial charge on any atom is -0.307 e. The molecule has 3 rings (SSSR count). The number of nitrogens with zero attached hydrogens (tertiary/aromatic N) is 2. The number of rotatable bonds is 4. The largest absolute Gasteiger partial charge is 0.307 e. The van der Waals surface area contributed by atoms with Crippen LogP contribution in [-0.4, -0.2) is 30.0 Å². The molecule has 0 saturated carbocycles. The molecule has 2 aromatic rings. The van der Waals surface area contributed by atoms with Gasteiger partial charge in [0.15, 0.2) is 0 Å². The number of likely N-dealkylation sites (tertiary alicyclic amines) is 1. The van der Waals surface area contributed by atoms with Crippen LogP contribution >= 0.6 is 11.3 Å². The summed E-state index contributed by atoms with van der Waals surface area (Å²) in [7, 11) is 2.05. The van der Waals surface area contributed by atoms with Gasteiger partial charge in [-0.15, -0.1) is 11.3 Å². The summed E-state index contributed by atoms with van der Waals surface area (Å²) in [5, 5.41) is 6.78. The molecule has 19 heavy (non-hydrogen) atoms. The number of aromatic nitrogens is 1. The molecule has 1 aromatic heterocycles. The van der Waals surface area contributed by atoms with E-state index in [2.05, 4.69) is 50.9 Å². The zero-order valence-corrected chi connectivity index (χ0v) is 12.0. The minimum atomic E-state index is 0.0446. The Labute approximate surface area is 118 Å². The summed E-state index contributed by atoms with van der Waals surface area (Å²) in [6, 6.07) is 10.7. The lowest BCUT2D eigenvalue weighted by Crippen LogP contribution is -2.42. The summed E-state index contributed by atoms with van der Waals surface area (Å²) < 4.78 is 0. The van der Waals surface area contributed by atoms with Gasteiger partial charge >= 0.3 is 0 Å². The average Bonchev–Trinajstić information content (AvgIpc) is 3.09. The molecule has 0 amide bonds. The Hall–Kier alpha value is -1.23. The third-order valence-electron chi connectivity index (χ3n) is 3.92. The highest BCUT2D eigenvalue weighted by Gasteiger charge is 2.40. The van der Waals surface area contributed by atoms with Gasteiger partial charge in [0.25, 0.3) is 0 Å². The molecule has 0 spiro atoms. The van der Waals surface area contributed by atoms with Crippen LogP contribution in [-0.2, 0) is 12.1 Å². The van der Waals surface area contributed by atoms with Crippen LogP contribution < -0.4 is 5.32 Å². The molecule has 4 heteroatoms. The van der Waals surface area contributed by atoms with Gasteiger partial charge in [-0.2, -0.15) is 0 Å². The molecule has 1 saturated heterocycles. The zero-order chi connectivity index (χ0) is 13.1. The van der Waals surface area contributed by atoms with Crippen LogP contribution in [0, 0.1) is 0 Å². The summed E-state index contributed by atoms with van der Waals surface area (Å²) in [5.41, 5.74) is 1.43. The Kier molecular flexibility index (Phi) is 3.64. The van der Waals surface area contributed by atoms with Crippen LogP contribution in [0.25, 0.3) is 0 Å². The molecule has 1 fully saturated rings. The van der Waals surface area contributed by atoms with Crippen LogP contribution in [0.5, 0.6) is 0 Å². The van der Waals surface area contributed by atoms with E-state index in [1.54, 1.807) is 11.3 Å². The SMILES string of the molecule is CNC1(c2nccs2)CCN(Cc2ccccc2)C1.